The van der Waals surface area contributed by atoms with Gasteiger partial charge >= 0.3 is 0 Å². The van der Waals surface area contributed by atoms with E-state index in [9.17, 15) is 15.2 Å². The maximum Gasteiger partial charge on any atom is 0.162 e. The van der Waals surface area contributed by atoms with Gasteiger partial charge in [-0.15, -0.1) is 0 Å². The van der Waals surface area contributed by atoms with Crippen molar-refractivity contribution >= 4 is 5.78 Å². The van der Waals surface area contributed by atoms with Crippen LogP contribution in [0.1, 0.15) is 43.1 Å². The van der Waals surface area contributed by atoms with E-state index in [0.29, 0.717) is 24.1 Å². The lowest BCUT2D eigenvalue weighted by molar-refractivity contribution is -0.119. The summed E-state index contributed by atoms with van der Waals surface area (Å²) in [5.74, 6) is 0.280. The lowest BCUT2D eigenvalue weighted by Crippen LogP contribution is -2.43. The van der Waals surface area contributed by atoms with Crippen molar-refractivity contribution in [3.8, 4) is 6.07 Å². The van der Waals surface area contributed by atoms with Crippen LogP contribution in [0.15, 0.2) is 11.8 Å². The number of ketones is 1. The maximum absolute atomic E-state index is 12.0. The molecule has 1 saturated carbocycles. The van der Waals surface area contributed by atoms with Crippen LogP contribution in [0.3, 0.4) is 0 Å². The zero-order valence-electron chi connectivity index (χ0n) is 11.7. The molecule has 5 nitrogen and oxygen atoms in total. The summed E-state index contributed by atoms with van der Waals surface area (Å²) in [5, 5.41) is 23.1. The fourth-order valence-corrected chi connectivity index (χ4v) is 3.76. The summed E-state index contributed by atoms with van der Waals surface area (Å²) in [6.45, 7) is 2.10. The first-order chi connectivity index (χ1) is 9.51. The topological polar surface area (TPSA) is 78.9 Å². The molecule has 2 atom stereocenters. The highest BCUT2D eigenvalue weighted by atomic mass is 16.2. The number of fused-ring (bicyclic) bond motifs is 3. The molecule has 1 heterocycles. The maximum atomic E-state index is 12.0. The van der Waals surface area contributed by atoms with Crippen molar-refractivity contribution < 1.29 is 9.90 Å². The second-order valence-corrected chi connectivity index (χ2v) is 6.02. The molecule has 1 unspecified atom stereocenters. The number of aryl methyl sites for hydroxylation is 1. The van der Waals surface area contributed by atoms with Gasteiger partial charge in [-0.25, -0.2) is 0 Å². The Kier molecular flexibility index (Phi) is 2.72. The number of allylic oxidation sites excluding steroid dienone is 1. The number of carbonyl (C=O) groups excluding carboxylic acids is 1. The van der Waals surface area contributed by atoms with Crippen molar-refractivity contribution in [1.29, 1.82) is 5.26 Å². The quantitative estimate of drug-likeness (QED) is 0.577. The standard InChI is InChI=1S/C15H17N3O2/c1-15-6-9(8-19)13(20)5-10(15)3-4-11-12(7-16)18(2)17-14(11)15/h8,10,19H,3-6H2,1-2H3/b9-8-/t10?,15-/m0/s1. The van der Waals surface area contributed by atoms with Crippen molar-refractivity contribution in [2.75, 3.05) is 0 Å². The van der Waals surface area contributed by atoms with Gasteiger partial charge < -0.3 is 5.11 Å². The molecule has 0 aliphatic heterocycles. The zero-order valence-corrected chi connectivity index (χ0v) is 11.7. The van der Waals surface area contributed by atoms with Crippen molar-refractivity contribution in [3.63, 3.8) is 0 Å². The van der Waals surface area contributed by atoms with Crippen LogP contribution in [0.25, 0.3) is 0 Å². The first-order valence-corrected chi connectivity index (χ1v) is 6.84. The minimum Gasteiger partial charge on any atom is -0.515 e. The predicted molar refractivity (Wildman–Crippen MR) is 72.0 cm³/mol. The molecule has 3 rings (SSSR count). The molecule has 5 heteroatoms. The zero-order chi connectivity index (χ0) is 14.5. The van der Waals surface area contributed by atoms with Crippen LogP contribution in [0.2, 0.25) is 0 Å². The van der Waals surface area contributed by atoms with Crippen LogP contribution >= 0.6 is 0 Å². The first-order valence-electron chi connectivity index (χ1n) is 6.84. The Labute approximate surface area is 117 Å². The first kappa shape index (κ1) is 12.9. The molecule has 1 N–H and O–H groups in total. The molecular weight excluding hydrogens is 254 g/mol. The van der Waals surface area contributed by atoms with Gasteiger partial charge in [-0.3, -0.25) is 9.48 Å². The number of nitriles is 1. The van der Waals surface area contributed by atoms with E-state index in [1.165, 1.54) is 0 Å². The molecule has 1 aromatic rings. The molecule has 104 valence electrons. The summed E-state index contributed by atoms with van der Waals surface area (Å²) in [5.41, 5.74) is 2.77. The number of nitrogens with zero attached hydrogens (tertiary/aromatic N) is 3. The predicted octanol–water partition coefficient (Wildman–Crippen LogP) is 1.92. The number of Topliss-reactive ketones (excluding diaryl/α,β-unsaturated/α-hetero) is 1. The van der Waals surface area contributed by atoms with Crippen LogP contribution in [0.5, 0.6) is 0 Å². The number of hydrogen-bond acceptors (Lipinski definition) is 4. The number of carbonyl (C=O) groups is 1. The second-order valence-electron chi connectivity index (χ2n) is 6.02. The van der Waals surface area contributed by atoms with E-state index in [-0.39, 0.29) is 17.1 Å². The summed E-state index contributed by atoms with van der Waals surface area (Å²) in [4.78, 5) is 12.0. The fraction of sp³-hybridized carbons (Fsp3) is 0.533. The van der Waals surface area contributed by atoms with E-state index in [2.05, 4.69) is 18.1 Å². The average molecular weight is 271 g/mol. The molecule has 1 fully saturated rings. The third kappa shape index (κ3) is 1.54. The Morgan fingerprint density at radius 2 is 2.35 bits per heavy atom. The smallest absolute Gasteiger partial charge is 0.162 e. The second kappa shape index (κ2) is 4.20. The molecule has 2 aliphatic rings. The number of aliphatic hydroxyl groups excluding tert-OH is 1. The van der Waals surface area contributed by atoms with Gasteiger partial charge in [0.05, 0.1) is 12.0 Å². The Bertz CT molecular complexity index is 665. The highest BCUT2D eigenvalue weighted by molar-refractivity contribution is 5.96. The van der Waals surface area contributed by atoms with Gasteiger partial charge in [0.1, 0.15) is 11.8 Å². The highest BCUT2D eigenvalue weighted by Gasteiger charge is 2.48. The molecular formula is C15H17N3O2. The van der Waals surface area contributed by atoms with Gasteiger partial charge in [0.2, 0.25) is 0 Å². The lowest BCUT2D eigenvalue weighted by Gasteiger charge is -2.43. The Morgan fingerprint density at radius 3 is 3.00 bits per heavy atom. The minimum atomic E-state index is -0.261. The normalized spacial score (nSPS) is 30.8. The van der Waals surface area contributed by atoms with Crippen molar-refractivity contribution in [1.82, 2.24) is 9.78 Å². The summed E-state index contributed by atoms with van der Waals surface area (Å²) in [6.07, 6.45) is 3.60. The minimum absolute atomic E-state index is 0.0369. The van der Waals surface area contributed by atoms with Gasteiger partial charge in [0.25, 0.3) is 0 Å². The highest BCUT2D eigenvalue weighted by Crippen LogP contribution is 2.50. The van der Waals surface area contributed by atoms with E-state index in [4.69, 9.17) is 0 Å². The molecule has 2 aliphatic carbocycles. The Hall–Kier alpha value is -2.09. The monoisotopic (exact) mass is 271 g/mol. The lowest BCUT2D eigenvalue weighted by atomic mass is 9.59. The molecule has 0 radical (unpaired) electrons. The van der Waals surface area contributed by atoms with E-state index >= 15 is 0 Å². The number of hydrogen-bond donors (Lipinski definition) is 1. The number of rotatable bonds is 0. The summed E-state index contributed by atoms with van der Waals surface area (Å²) >= 11 is 0. The largest absolute Gasteiger partial charge is 0.515 e. The van der Waals surface area contributed by atoms with Gasteiger partial charge in [-0.2, -0.15) is 10.4 Å². The fourth-order valence-electron chi connectivity index (χ4n) is 3.76. The average Bonchev–Trinajstić information content (AvgIpc) is 2.76. The van der Waals surface area contributed by atoms with E-state index < -0.39 is 0 Å². The van der Waals surface area contributed by atoms with E-state index in [1.54, 1.807) is 11.7 Å². The van der Waals surface area contributed by atoms with Crippen LogP contribution in [0.4, 0.5) is 0 Å². The molecule has 0 spiro atoms. The van der Waals surface area contributed by atoms with Crippen LogP contribution in [0, 0.1) is 17.2 Å². The van der Waals surface area contributed by atoms with Gasteiger partial charge in [0.15, 0.2) is 5.78 Å². The Morgan fingerprint density at radius 1 is 1.60 bits per heavy atom. The molecule has 0 aromatic carbocycles. The SMILES string of the molecule is Cn1nc2c(c1C#N)CCC1CC(=O)/C(=C\O)C[C@]21C. The third-order valence-corrected chi connectivity index (χ3v) is 4.94. The van der Waals surface area contributed by atoms with E-state index in [0.717, 1.165) is 30.4 Å². The van der Waals surface area contributed by atoms with Crippen LogP contribution < -0.4 is 0 Å². The summed E-state index contributed by atoms with van der Waals surface area (Å²) in [7, 11) is 1.78. The van der Waals surface area contributed by atoms with Gasteiger partial charge in [-0.05, 0) is 25.2 Å². The molecule has 0 amide bonds. The van der Waals surface area contributed by atoms with Gasteiger partial charge in [0, 0.05) is 30.0 Å². The van der Waals surface area contributed by atoms with E-state index in [1.807, 2.05) is 0 Å². The third-order valence-electron chi connectivity index (χ3n) is 4.94. The molecule has 0 saturated heterocycles. The number of aromatic nitrogens is 2. The van der Waals surface area contributed by atoms with Crippen molar-refractivity contribution in [2.24, 2.45) is 13.0 Å². The Balaban J connectivity index is 2.14. The summed E-state index contributed by atoms with van der Waals surface area (Å²) < 4.78 is 1.64. The number of aliphatic hydroxyl groups is 1. The van der Waals surface area contributed by atoms with Crippen molar-refractivity contribution in [3.05, 3.63) is 28.8 Å². The van der Waals surface area contributed by atoms with Crippen LogP contribution in [-0.2, 0) is 23.7 Å². The molecule has 1 aromatic heterocycles. The molecule has 20 heavy (non-hydrogen) atoms. The van der Waals surface area contributed by atoms with Gasteiger partial charge in [-0.1, -0.05) is 6.92 Å². The molecule has 0 bridgehead atoms. The van der Waals surface area contributed by atoms with Crippen molar-refractivity contribution in [2.45, 2.75) is 38.0 Å². The summed E-state index contributed by atoms with van der Waals surface area (Å²) in [6, 6.07) is 2.22. The van der Waals surface area contributed by atoms with Crippen LogP contribution in [-0.4, -0.2) is 20.7 Å².